The zero-order valence-corrected chi connectivity index (χ0v) is 17.7. The summed E-state index contributed by atoms with van der Waals surface area (Å²) in [7, 11) is -13.9. The van der Waals surface area contributed by atoms with E-state index in [2.05, 4.69) is 0 Å². The predicted octanol–water partition coefficient (Wildman–Crippen LogP) is -1.48. The average Bonchev–Trinajstić information content (AvgIpc) is 2.69. The van der Waals surface area contributed by atoms with E-state index in [4.69, 9.17) is 8.23 Å². The average molecular weight is 433 g/mol. The lowest BCUT2D eigenvalue weighted by Crippen LogP contribution is -2.71. The van der Waals surface area contributed by atoms with Crippen LogP contribution in [0.1, 0.15) is 0 Å². The third-order valence-corrected chi connectivity index (χ3v) is 11.7. The van der Waals surface area contributed by atoms with Gasteiger partial charge in [0.05, 0.1) is 0 Å². The summed E-state index contributed by atoms with van der Waals surface area (Å²) in [6, 6.07) is 23.4. The fourth-order valence-electron chi connectivity index (χ4n) is 2.60. The molecule has 0 spiro atoms. The molecule has 3 aromatic rings. The van der Waals surface area contributed by atoms with Gasteiger partial charge in [-0.2, -0.15) is 0 Å². The molecule has 0 aliphatic heterocycles. The first-order valence-corrected chi connectivity index (χ1v) is 13.8. The molecule has 0 aliphatic carbocycles. The molecule has 0 radical (unpaired) electrons. The first-order chi connectivity index (χ1) is 13.2. The Balaban J connectivity index is 1.99. The summed E-state index contributed by atoms with van der Waals surface area (Å²) in [6.07, 6.45) is 0. The van der Waals surface area contributed by atoms with Crippen molar-refractivity contribution in [3.05, 3.63) is 91.0 Å². The van der Waals surface area contributed by atoms with Gasteiger partial charge >= 0.3 is 26.4 Å². The van der Waals surface area contributed by atoms with Crippen molar-refractivity contribution in [3.8, 4) is 0 Å². The Kier molecular flexibility index (Phi) is 6.07. The Labute approximate surface area is 165 Å². The highest BCUT2D eigenvalue weighted by molar-refractivity contribution is 6.91. The molecule has 7 nitrogen and oxygen atoms in total. The maximum Gasteiger partial charge on any atom is 0.524 e. The van der Waals surface area contributed by atoms with Crippen molar-refractivity contribution in [1.82, 2.24) is 0 Å². The minimum absolute atomic E-state index is 0.0864. The lowest BCUT2D eigenvalue weighted by atomic mass is 10.4. The van der Waals surface area contributed by atoms with Crippen LogP contribution >= 0.6 is 0 Å². The molecule has 0 fully saturated rings. The van der Waals surface area contributed by atoms with Crippen LogP contribution in [-0.2, 0) is 8.23 Å². The van der Waals surface area contributed by atoms with E-state index in [1.165, 1.54) is 36.4 Å². The number of hydrogen-bond acceptors (Lipinski definition) is 7. The third kappa shape index (κ3) is 4.71. The van der Waals surface area contributed by atoms with Gasteiger partial charge < -0.3 is 32.2 Å². The van der Waals surface area contributed by atoms with E-state index in [9.17, 15) is 24.0 Å². The monoisotopic (exact) mass is 432 g/mol. The van der Waals surface area contributed by atoms with Crippen LogP contribution in [0.4, 0.5) is 0 Å². The van der Waals surface area contributed by atoms with Crippen molar-refractivity contribution in [2.45, 2.75) is 0 Å². The minimum atomic E-state index is -4.64. The fraction of sp³-hybridized carbons (Fsp3) is 0. The molecule has 0 saturated heterocycles. The highest BCUT2D eigenvalue weighted by Gasteiger charge is 2.56. The van der Waals surface area contributed by atoms with Crippen LogP contribution in [0.15, 0.2) is 91.0 Å². The van der Waals surface area contributed by atoms with E-state index in [1.807, 2.05) is 0 Å². The Morgan fingerprint density at radius 3 is 1.04 bits per heavy atom. The molecule has 3 aromatic carbocycles. The summed E-state index contributed by atoms with van der Waals surface area (Å²) in [5.41, 5.74) is 0. The molecule has 0 atom stereocenters. The highest BCUT2D eigenvalue weighted by atomic mass is 28.5. The van der Waals surface area contributed by atoms with Crippen molar-refractivity contribution in [1.29, 1.82) is 0 Å². The molecule has 0 saturated carbocycles. The molecule has 28 heavy (non-hydrogen) atoms. The zero-order valence-electron chi connectivity index (χ0n) is 14.7. The minimum Gasteiger partial charge on any atom is -0.387 e. The SMILES string of the molecule is O[Si](O)(O[Si](O)(O[Si](O)(O)c1ccccc1)c1ccccc1)c1ccccc1. The van der Waals surface area contributed by atoms with Crippen LogP contribution < -0.4 is 15.6 Å². The van der Waals surface area contributed by atoms with Crippen LogP contribution in [0, 0.1) is 0 Å². The Morgan fingerprint density at radius 2 is 0.714 bits per heavy atom. The molecule has 5 N–H and O–H groups in total. The first kappa shape index (κ1) is 20.8. The van der Waals surface area contributed by atoms with Crippen LogP contribution in [-0.4, -0.2) is 50.4 Å². The lowest BCUT2D eigenvalue weighted by molar-refractivity contribution is 0.148. The van der Waals surface area contributed by atoms with E-state index in [-0.39, 0.29) is 15.6 Å². The summed E-state index contributed by atoms with van der Waals surface area (Å²) in [5, 5.41) is 0.286. The molecule has 0 aliphatic rings. The molecule has 0 amide bonds. The summed E-state index contributed by atoms with van der Waals surface area (Å²) in [4.78, 5) is 53.5. The lowest BCUT2D eigenvalue weighted by Gasteiger charge is -2.33. The van der Waals surface area contributed by atoms with Crippen LogP contribution in [0.5, 0.6) is 0 Å². The summed E-state index contributed by atoms with van der Waals surface area (Å²) in [6.45, 7) is 0. The molecule has 0 heterocycles. The van der Waals surface area contributed by atoms with Gasteiger partial charge in [0, 0.05) is 15.6 Å². The van der Waals surface area contributed by atoms with E-state index in [0.29, 0.717) is 0 Å². The molecule has 3 rings (SSSR count). The van der Waals surface area contributed by atoms with Gasteiger partial charge in [-0.05, 0) is 0 Å². The Morgan fingerprint density at radius 1 is 0.429 bits per heavy atom. The molecule has 146 valence electrons. The smallest absolute Gasteiger partial charge is 0.387 e. The Bertz CT molecular complexity index is 839. The van der Waals surface area contributed by atoms with E-state index in [0.717, 1.165) is 0 Å². The van der Waals surface area contributed by atoms with Crippen LogP contribution in [0.2, 0.25) is 0 Å². The van der Waals surface area contributed by atoms with Crippen molar-refractivity contribution < 1.29 is 32.2 Å². The van der Waals surface area contributed by atoms with Gasteiger partial charge in [0.15, 0.2) is 0 Å². The van der Waals surface area contributed by atoms with Crippen molar-refractivity contribution in [3.63, 3.8) is 0 Å². The van der Waals surface area contributed by atoms with Gasteiger partial charge in [0.1, 0.15) is 0 Å². The van der Waals surface area contributed by atoms with Gasteiger partial charge in [-0.15, -0.1) is 0 Å². The third-order valence-electron chi connectivity index (χ3n) is 4.00. The van der Waals surface area contributed by atoms with E-state index < -0.39 is 26.4 Å². The van der Waals surface area contributed by atoms with Crippen LogP contribution in [0.3, 0.4) is 0 Å². The highest BCUT2D eigenvalue weighted by Crippen LogP contribution is 2.15. The van der Waals surface area contributed by atoms with Gasteiger partial charge in [-0.3, -0.25) is 0 Å². The summed E-state index contributed by atoms with van der Waals surface area (Å²) < 4.78 is 10.8. The zero-order chi connectivity index (χ0) is 20.3. The maximum atomic E-state index is 11.2. The maximum absolute atomic E-state index is 11.2. The normalized spacial score (nSPS) is 12.8. The Hall–Kier alpha value is -1.97. The second kappa shape index (κ2) is 8.18. The fourth-order valence-corrected chi connectivity index (χ4v) is 9.98. The largest absolute Gasteiger partial charge is 0.524 e. The van der Waals surface area contributed by atoms with Gasteiger partial charge in [0.2, 0.25) is 0 Å². The van der Waals surface area contributed by atoms with Gasteiger partial charge in [0.25, 0.3) is 0 Å². The molecule has 10 heteroatoms. The summed E-state index contributed by atoms with van der Waals surface area (Å²) >= 11 is 0. The second-order valence-corrected chi connectivity index (χ2v) is 13.1. The number of hydrogen-bond donors (Lipinski definition) is 5. The summed E-state index contributed by atoms with van der Waals surface area (Å²) in [5.74, 6) is 0. The van der Waals surface area contributed by atoms with Crippen molar-refractivity contribution >= 4 is 42.0 Å². The first-order valence-electron chi connectivity index (χ1n) is 8.42. The van der Waals surface area contributed by atoms with Crippen LogP contribution in [0.25, 0.3) is 0 Å². The predicted molar refractivity (Wildman–Crippen MR) is 109 cm³/mol. The molecular formula is C18H20O7Si3. The molecular weight excluding hydrogens is 412 g/mol. The number of rotatable bonds is 7. The van der Waals surface area contributed by atoms with Crippen molar-refractivity contribution in [2.75, 3.05) is 0 Å². The van der Waals surface area contributed by atoms with E-state index >= 15 is 0 Å². The molecule has 0 bridgehead atoms. The molecule has 0 aromatic heterocycles. The quantitative estimate of drug-likeness (QED) is 0.289. The molecule has 0 unspecified atom stereocenters. The topological polar surface area (TPSA) is 120 Å². The number of benzene rings is 3. The van der Waals surface area contributed by atoms with E-state index in [1.54, 1.807) is 54.6 Å². The van der Waals surface area contributed by atoms with Gasteiger partial charge in [-0.25, -0.2) is 0 Å². The van der Waals surface area contributed by atoms with Crippen molar-refractivity contribution in [2.24, 2.45) is 0 Å². The van der Waals surface area contributed by atoms with Gasteiger partial charge in [-0.1, -0.05) is 91.0 Å². The second-order valence-electron chi connectivity index (χ2n) is 6.10. The standard InChI is InChI=1S/C18H20O7Si3/c19-26(20,16-10-4-1-5-11-16)24-28(23,18-14-8-3-9-15-18)25-27(21,22)17-12-6-2-7-13-17/h1-15,19-23H.